The third kappa shape index (κ3) is 2.89. The fourth-order valence-electron chi connectivity index (χ4n) is 3.20. The molecule has 1 aromatic heterocycles. The maximum atomic E-state index is 12.5. The first-order valence-corrected chi connectivity index (χ1v) is 8.38. The van der Waals surface area contributed by atoms with Crippen LogP contribution in [0.3, 0.4) is 0 Å². The van der Waals surface area contributed by atoms with E-state index in [-0.39, 0.29) is 5.78 Å². The lowest BCUT2D eigenvalue weighted by molar-refractivity contribution is 0.0973. The smallest absolute Gasteiger partial charge is 0.168 e. The molecule has 0 saturated carbocycles. The zero-order valence-electron chi connectivity index (χ0n) is 14.0. The van der Waals surface area contributed by atoms with Crippen molar-refractivity contribution in [2.75, 3.05) is 12.4 Å². The summed E-state index contributed by atoms with van der Waals surface area (Å²) >= 11 is 0. The van der Waals surface area contributed by atoms with Gasteiger partial charge < -0.3 is 10.1 Å². The summed E-state index contributed by atoms with van der Waals surface area (Å²) in [5, 5.41) is 8.00. The molecular weight excluding hydrogens is 314 g/mol. The van der Waals surface area contributed by atoms with E-state index < -0.39 is 0 Å². The van der Waals surface area contributed by atoms with E-state index in [1.165, 1.54) is 0 Å². The molecule has 5 nitrogen and oxygen atoms in total. The van der Waals surface area contributed by atoms with E-state index in [4.69, 9.17) is 9.84 Å². The van der Waals surface area contributed by atoms with Gasteiger partial charge in [0.05, 0.1) is 24.1 Å². The largest absolute Gasteiger partial charge is 0.497 e. The molecule has 0 aliphatic heterocycles. The number of carbonyl (C=O) groups excluding carboxylic acids is 1. The third-order valence-corrected chi connectivity index (χ3v) is 4.43. The Bertz CT molecular complexity index is 899. The highest BCUT2D eigenvalue weighted by molar-refractivity contribution is 6.03. The summed E-state index contributed by atoms with van der Waals surface area (Å²) in [4.78, 5) is 12.5. The van der Waals surface area contributed by atoms with Crippen molar-refractivity contribution in [2.45, 2.75) is 19.3 Å². The van der Waals surface area contributed by atoms with Crippen LogP contribution in [0.4, 0.5) is 11.5 Å². The summed E-state index contributed by atoms with van der Waals surface area (Å²) in [5.41, 5.74) is 3.54. The summed E-state index contributed by atoms with van der Waals surface area (Å²) in [6.07, 6.45) is 2.30. The number of hydrogen-bond donors (Lipinski definition) is 1. The molecule has 0 unspecified atom stereocenters. The van der Waals surface area contributed by atoms with Crippen molar-refractivity contribution < 1.29 is 9.53 Å². The molecule has 0 amide bonds. The van der Waals surface area contributed by atoms with E-state index in [1.807, 2.05) is 59.3 Å². The maximum Gasteiger partial charge on any atom is 0.168 e. The van der Waals surface area contributed by atoms with Gasteiger partial charge in [0.2, 0.25) is 0 Å². The molecule has 2 aromatic carbocycles. The number of aromatic nitrogens is 2. The predicted octanol–water partition coefficient (Wildman–Crippen LogP) is 4.14. The van der Waals surface area contributed by atoms with Crippen LogP contribution >= 0.6 is 0 Å². The highest BCUT2D eigenvalue weighted by Gasteiger charge is 2.27. The SMILES string of the molecule is COc1ccc(Nc2nn(-c3ccccc3)c3c2C(=O)CCC3)cc1. The topological polar surface area (TPSA) is 56.1 Å². The van der Waals surface area contributed by atoms with Gasteiger partial charge in [-0.25, -0.2) is 4.68 Å². The van der Waals surface area contributed by atoms with Gasteiger partial charge in [0.15, 0.2) is 11.6 Å². The van der Waals surface area contributed by atoms with Crippen molar-refractivity contribution >= 4 is 17.3 Å². The van der Waals surface area contributed by atoms with Gasteiger partial charge in [-0.1, -0.05) is 18.2 Å². The van der Waals surface area contributed by atoms with Gasteiger partial charge in [-0.15, -0.1) is 5.10 Å². The molecule has 5 heteroatoms. The van der Waals surface area contributed by atoms with E-state index in [9.17, 15) is 4.79 Å². The first-order valence-electron chi connectivity index (χ1n) is 8.38. The molecule has 1 aliphatic carbocycles. The predicted molar refractivity (Wildman–Crippen MR) is 97.1 cm³/mol. The fraction of sp³-hybridized carbons (Fsp3) is 0.200. The van der Waals surface area contributed by atoms with Crippen molar-refractivity contribution in [3.05, 3.63) is 65.9 Å². The number of fused-ring (bicyclic) bond motifs is 1. The molecule has 126 valence electrons. The van der Waals surface area contributed by atoms with Crippen LogP contribution in [0.2, 0.25) is 0 Å². The first kappa shape index (κ1) is 15.4. The average Bonchev–Trinajstić information content (AvgIpc) is 3.03. The van der Waals surface area contributed by atoms with Crippen LogP contribution in [0.5, 0.6) is 5.75 Å². The number of para-hydroxylation sites is 1. The van der Waals surface area contributed by atoms with Gasteiger partial charge in [-0.05, 0) is 49.2 Å². The Labute approximate surface area is 146 Å². The van der Waals surface area contributed by atoms with Crippen LogP contribution in [-0.2, 0) is 6.42 Å². The first-order chi connectivity index (χ1) is 12.3. The van der Waals surface area contributed by atoms with Crippen molar-refractivity contribution in [3.8, 4) is 11.4 Å². The molecule has 0 bridgehead atoms. The maximum absolute atomic E-state index is 12.5. The van der Waals surface area contributed by atoms with E-state index >= 15 is 0 Å². The highest BCUT2D eigenvalue weighted by Crippen LogP contribution is 2.31. The minimum absolute atomic E-state index is 0.152. The van der Waals surface area contributed by atoms with Gasteiger partial charge in [-0.3, -0.25) is 4.79 Å². The number of ether oxygens (including phenoxy) is 1. The minimum Gasteiger partial charge on any atom is -0.497 e. The Morgan fingerprint density at radius 1 is 1.04 bits per heavy atom. The number of nitrogens with zero attached hydrogens (tertiary/aromatic N) is 2. The molecule has 25 heavy (non-hydrogen) atoms. The molecule has 0 saturated heterocycles. The lowest BCUT2D eigenvalue weighted by Crippen LogP contribution is -2.13. The van der Waals surface area contributed by atoms with Crippen molar-refractivity contribution in [1.29, 1.82) is 0 Å². The second-order valence-electron chi connectivity index (χ2n) is 6.05. The van der Waals surface area contributed by atoms with Crippen molar-refractivity contribution in [1.82, 2.24) is 9.78 Å². The second-order valence-corrected chi connectivity index (χ2v) is 6.05. The number of methoxy groups -OCH3 is 1. The van der Waals surface area contributed by atoms with Crippen LogP contribution in [0.15, 0.2) is 54.6 Å². The Hall–Kier alpha value is -3.08. The van der Waals surface area contributed by atoms with E-state index in [2.05, 4.69) is 5.32 Å². The van der Waals surface area contributed by atoms with E-state index in [0.29, 0.717) is 17.8 Å². The van der Waals surface area contributed by atoms with Crippen LogP contribution in [0.25, 0.3) is 5.69 Å². The average molecular weight is 333 g/mol. The molecule has 0 spiro atoms. The quantitative estimate of drug-likeness (QED) is 0.779. The van der Waals surface area contributed by atoms with Gasteiger partial charge in [0, 0.05) is 12.1 Å². The van der Waals surface area contributed by atoms with Crippen LogP contribution in [0.1, 0.15) is 28.9 Å². The Kier molecular flexibility index (Phi) is 3.98. The Balaban J connectivity index is 1.76. The highest BCUT2D eigenvalue weighted by atomic mass is 16.5. The lowest BCUT2D eigenvalue weighted by atomic mass is 9.95. The molecule has 3 aromatic rings. The Morgan fingerprint density at radius 2 is 1.80 bits per heavy atom. The molecule has 1 aliphatic rings. The molecule has 0 radical (unpaired) electrons. The standard InChI is InChI=1S/C20H19N3O2/c1-25-16-12-10-14(11-13-16)21-20-19-17(8-5-9-18(19)24)23(22-20)15-6-3-2-4-7-15/h2-4,6-7,10-13H,5,8-9H2,1H3,(H,21,22). The van der Waals surface area contributed by atoms with Crippen molar-refractivity contribution in [2.24, 2.45) is 0 Å². The van der Waals surface area contributed by atoms with Gasteiger partial charge in [-0.2, -0.15) is 0 Å². The summed E-state index contributed by atoms with van der Waals surface area (Å²) in [5.74, 6) is 1.56. The number of carbonyl (C=O) groups is 1. The number of hydrogen-bond acceptors (Lipinski definition) is 4. The summed E-state index contributed by atoms with van der Waals surface area (Å²) in [7, 11) is 1.64. The molecular formula is C20H19N3O2. The zero-order valence-corrected chi connectivity index (χ0v) is 14.0. The molecule has 1 N–H and O–H groups in total. The molecule has 4 rings (SSSR count). The second kappa shape index (κ2) is 6.43. The van der Waals surface area contributed by atoms with E-state index in [0.717, 1.165) is 35.7 Å². The summed E-state index contributed by atoms with van der Waals surface area (Å²) < 4.78 is 7.07. The normalized spacial score (nSPS) is 13.4. The van der Waals surface area contributed by atoms with Crippen LogP contribution in [-0.4, -0.2) is 22.7 Å². The minimum atomic E-state index is 0.152. The molecule has 1 heterocycles. The summed E-state index contributed by atoms with van der Waals surface area (Å²) in [6.45, 7) is 0. The van der Waals surface area contributed by atoms with Crippen molar-refractivity contribution in [3.63, 3.8) is 0 Å². The van der Waals surface area contributed by atoms with Crippen LogP contribution < -0.4 is 10.1 Å². The van der Waals surface area contributed by atoms with Gasteiger partial charge in [0.25, 0.3) is 0 Å². The van der Waals surface area contributed by atoms with Gasteiger partial charge >= 0.3 is 0 Å². The van der Waals surface area contributed by atoms with Crippen LogP contribution in [0, 0.1) is 0 Å². The number of ketones is 1. The lowest BCUT2D eigenvalue weighted by Gasteiger charge is -2.13. The summed E-state index contributed by atoms with van der Waals surface area (Å²) in [6, 6.07) is 17.5. The number of Topliss-reactive ketones (excluding diaryl/α,β-unsaturated/α-hetero) is 1. The fourth-order valence-corrected chi connectivity index (χ4v) is 3.20. The van der Waals surface area contributed by atoms with E-state index in [1.54, 1.807) is 7.11 Å². The molecule has 0 atom stereocenters. The Morgan fingerprint density at radius 3 is 2.52 bits per heavy atom. The number of rotatable bonds is 4. The zero-order chi connectivity index (χ0) is 17.2. The number of nitrogens with one attached hydrogen (secondary N) is 1. The monoisotopic (exact) mass is 333 g/mol. The number of anilines is 2. The molecule has 0 fully saturated rings. The van der Waals surface area contributed by atoms with Gasteiger partial charge in [0.1, 0.15) is 5.75 Å². The number of benzene rings is 2. The third-order valence-electron chi connectivity index (χ3n) is 4.43.